The zero-order valence-electron chi connectivity index (χ0n) is 11.6. The van der Waals surface area contributed by atoms with E-state index in [1.165, 1.54) is 5.69 Å². The van der Waals surface area contributed by atoms with Crippen LogP contribution in [0.5, 0.6) is 0 Å². The Hall–Kier alpha value is -2.12. The molecule has 3 rings (SSSR count). The summed E-state index contributed by atoms with van der Waals surface area (Å²) in [5.41, 5.74) is 4.17. The van der Waals surface area contributed by atoms with Crippen molar-refractivity contribution in [2.45, 2.75) is 25.7 Å². The van der Waals surface area contributed by atoms with Crippen molar-refractivity contribution in [1.82, 2.24) is 14.9 Å². The van der Waals surface area contributed by atoms with Gasteiger partial charge in [0, 0.05) is 17.8 Å². The third-order valence-electron chi connectivity index (χ3n) is 4.02. The minimum Gasteiger partial charge on any atom is -0.317 e. The molecule has 1 fully saturated rings. The predicted molar refractivity (Wildman–Crippen MR) is 77.9 cm³/mol. The second-order valence-electron chi connectivity index (χ2n) is 5.33. The van der Waals surface area contributed by atoms with Crippen LogP contribution in [0.4, 0.5) is 0 Å². The van der Waals surface area contributed by atoms with Crippen LogP contribution < -0.4 is 5.32 Å². The number of aryl methyl sites for hydroxylation is 1. The van der Waals surface area contributed by atoms with Crippen LogP contribution in [-0.4, -0.2) is 22.6 Å². The van der Waals surface area contributed by atoms with Crippen LogP contribution in [0.2, 0.25) is 0 Å². The van der Waals surface area contributed by atoms with Crippen molar-refractivity contribution in [3.63, 3.8) is 0 Å². The van der Waals surface area contributed by atoms with Gasteiger partial charge in [0.15, 0.2) is 0 Å². The Morgan fingerprint density at radius 1 is 1.35 bits per heavy atom. The lowest BCUT2D eigenvalue weighted by molar-refractivity contribution is 0.449. The molecule has 4 heteroatoms. The highest BCUT2D eigenvalue weighted by molar-refractivity contribution is 5.48. The van der Waals surface area contributed by atoms with Crippen LogP contribution in [0.25, 0.3) is 5.69 Å². The van der Waals surface area contributed by atoms with Gasteiger partial charge in [-0.3, -0.25) is 0 Å². The van der Waals surface area contributed by atoms with Crippen molar-refractivity contribution in [3.05, 3.63) is 47.5 Å². The molecule has 4 nitrogen and oxygen atoms in total. The van der Waals surface area contributed by atoms with Crippen molar-refractivity contribution in [1.29, 1.82) is 5.26 Å². The Balaban J connectivity index is 2.03. The number of nitrogens with one attached hydrogen (secondary N) is 1. The number of hydrogen-bond donors (Lipinski definition) is 1. The number of rotatable bonds is 2. The molecule has 0 radical (unpaired) electrons. The van der Waals surface area contributed by atoms with Gasteiger partial charge in [0.05, 0.1) is 23.6 Å². The number of piperidine rings is 1. The molecule has 20 heavy (non-hydrogen) atoms. The minimum absolute atomic E-state index is 0.545. The lowest BCUT2D eigenvalue weighted by atomic mass is 9.94. The SMILES string of the molecule is Cc1ccc(C#N)cc1-n1cncc1C1CCNCC1. The van der Waals surface area contributed by atoms with Crippen molar-refractivity contribution in [2.75, 3.05) is 13.1 Å². The van der Waals surface area contributed by atoms with Crippen molar-refractivity contribution in [3.8, 4) is 11.8 Å². The summed E-state index contributed by atoms with van der Waals surface area (Å²) in [6.45, 7) is 4.20. The smallest absolute Gasteiger partial charge is 0.0994 e. The summed E-state index contributed by atoms with van der Waals surface area (Å²) in [6.07, 6.45) is 6.11. The standard InChI is InChI=1S/C16H18N4/c1-12-2-3-13(9-17)8-15(12)20-11-19-10-16(20)14-4-6-18-7-5-14/h2-3,8,10-11,14,18H,4-7H2,1H3. The van der Waals surface area contributed by atoms with E-state index in [4.69, 9.17) is 5.26 Å². The monoisotopic (exact) mass is 266 g/mol. The molecule has 0 spiro atoms. The summed E-state index contributed by atoms with van der Waals surface area (Å²) in [5, 5.41) is 12.5. The van der Waals surface area contributed by atoms with Crippen molar-refractivity contribution in [2.24, 2.45) is 0 Å². The number of imidazole rings is 1. The Labute approximate surface area is 119 Å². The van der Waals surface area contributed by atoms with Crippen LogP contribution in [0, 0.1) is 18.3 Å². The number of aromatic nitrogens is 2. The Morgan fingerprint density at radius 2 is 2.15 bits per heavy atom. The zero-order chi connectivity index (χ0) is 13.9. The third kappa shape index (κ3) is 2.33. The highest BCUT2D eigenvalue weighted by Crippen LogP contribution is 2.28. The van der Waals surface area contributed by atoms with E-state index >= 15 is 0 Å². The van der Waals surface area contributed by atoms with E-state index in [2.05, 4.69) is 27.9 Å². The van der Waals surface area contributed by atoms with Crippen LogP contribution in [0.3, 0.4) is 0 Å². The lowest BCUT2D eigenvalue weighted by Gasteiger charge is -2.24. The average molecular weight is 266 g/mol. The van der Waals surface area contributed by atoms with E-state index in [1.54, 1.807) is 0 Å². The van der Waals surface area contributed by atoms with E-state index in [0.29, 0.717) is 11.5 Å². The Morgan fingerprint density at radius 3 is 2.90 bits per heavy atom. The van der Waals surface area contributed by atoms with Gasteiger partial charge < -0.3 is 9.88 Å². The maximum atomic E-state index is 9.09. The molecular formula is C16H18N4. The second kappa shape index (κ2) is 5.48. The van der Waals surface area contributed by atoms with E-state index in [-0.39, 0.29) is 0 Å². The lowest BCUT2D eigenvalue weighted by Crippen LogP contribution is -2.27. The summed E-state index contributed by atoms with van der Waals surface area (Å²) in [6, 6.07) is 8.02. The van der Waals surface area contributed by atoms with Gasteiger partial charge in [-0.2, -0.15) is 5.26 Å². The summed E-state index contributed by atoms with van der Waals surface area (Å²) in [4.78, 5) is 4.33. The molecule has 1 aliphatic rings. The quantitative estimate of drug-likeness (QED) is 0.908. The van der Waals surface area contributed by atoms with E-state index < -0.39 is 0 Å². The molecule has 0 aliphatic carbocycles. The fourth-order valence-electron chi connectivity index (χ4n) is 2.86. The summed E-state index contributed by atoms with van der Waals surface area (Å²) in [7, 11) is 0. The van der Waals surface area contributed by atoms with Crippen molar-refractivity contribution < 1.29 is 0 Å². The van der Waals surface area contributed by atoms with Crippen LogP contribution >= 0.6 is 0 Å². The molecule has 2 aromatic rings. The fourth-order valence-corrected chi connectivity index (χ4v) is 2.86. The number of nitriles is 1. The molecule has 2 heterocycles. The van der Waals surface area contributed by atoms with E-state index in [9.17, 15) is 0 Å². The van der Waals surface area contributed by atoms with Gasteiger partial charge in [-0.15, -0.1) is 0 Å². The average Bonchev–Trinajstić information content (AvgIpc) is 2.98. The molecule has 0 atom stereocenters. The number of benzene rings is 1. The van der Waals surface area contributed by atoms with Crippen molar-refractivity contribution >= 4 is 0 Å². The predicted octanol–water partition coefficient (Wildman–Crippen LogP) is 2.52. The fraction of sp³-hybridized carbons (Fsp3) is 0.375. The summed E-state index contributed by atoms with van der Waals surface area (Å²) >= 11 is 0. The number of nitrogens with zero attached hydrogens (tertiary/aromatic N) is 3. The topological polar surface area (TPSA) is 53.6 Å². The molecule has 0 saturated carbocycles. The van der Waals surface area contributed by atoms with Gasteiger partial charge in [-0.25, -0.2) is 4.98 Å². The summed E-state index contributed by atoms with van der Waals surface area (Å²) in [5.74, 6) is 0.545. The molecule has 1 aromatic carbocycles. The Bertz CT molecular complexity index is 645. The highest BCUT2D eigenvalue weighted by atomic mass is 15.1. The second-order valence-corrected chi connectivity index (χ2v) is 5.33. The molecule has 0 bridgehead atoms. The molecule has 1 aromatic heterocycles. The van der Waals surface area contributed by atoms with Crippen LogP contribution in [0.15, 0.2) is 30.7 Å². The molecule has 1 N–H and O–H groups in total. The van der Waals surface area contributed by atoms with E-state index in [1.807, 2.05) is 30.7 Å². The maximum Gasteiger partial charge on any atom is 0.0994 e. The molecular weight excluding hydrogens is 248 g/mol. The minimum atomic E-state index is 0.545. The zero-order valence-corrected chi connectivity index (χ0v) is 11.6. The highest BCUT2D eigenvalue weighted by Gasteiger charge is 2.20. The number of hydrogen-bond acceptors (Lipinski definition) is 3. The van der Waals surface area contributed by atoms with Crippen LogP contribution in [0.1, 0.15) is 35.6 Å². The molecule has 0 unspecified atom stereocenters. The van der Waals surface area contributed by atoms with Gasteiger partial charge in [-0.05, 0) is 50.6 Å². The maximum absolute atomic E-state index is 9.09. The molecule has 1 saturated heterocycles. The van der Waals surface area contributed by atoms with Gasteiger partial charge in [0.1, 0.15) is 0 Å². The van der Waals surface area contributed by atoms with Gasteiger partial charge in [-0.1, -0.05) is 6.07 Å². The summed E-state index contributed by atoms with van der Waals surface area (Å²) < 4.78 is 2.14. The first kappa shape index (κ1) is 12.9. The van der Waals surface area contributed by atoms with Gasteiger partial charge in [0.2, 0.25) is 0 Å². The first-order valence-corrected chi connectivity index (χ1v) is 7.03. The molecule has 1 aliphatic heterocycles. The third-order valence-corrected chi connectivity index (χ3v) is 4.02. The first-order valence-electron chi connectivity index (χ1n) is 7.03. The first-order chi connectivity index (χ1) is 9.79. The van der Waals surface area contributed by atoms with Gasteiger partial charge >= 0.3 is 0 Å². The largest absolute Gasteiger partial charge is 0.317 e. The Kier molecular flexibility index (Phi) is 3.53. The molecule has 0 amide bonds. The van der Waals surface area contributed by atoms with E-state index in [0.717, 1.165) is 37.2 Å². The van der Waals surface area contributed by atoms with Gasteiger partial charge in [0.25, 0.3) is 0 Å². The normalized spacial score (nSPS) is 16.0. The molecule has 102 valence electrons. The van der Waals surface area contributed by atoms with Crippen LogP contribution in [-0.2, 0) is 0 Å².